The number of hydrogen-bond acceptors (Lipinski definition) is 4. The predicted octanol–water partition coefficient (Wildman–Crippen LogP) is 4.46. The minimum atomic E-state index is -2.90. The highest BCUT2D eigenvalue weighted by Gasteiger charge is 2.43. The summed E-state index contributed by atoms with van der Waals surface area (Å²) in [7, 11) is 0.311. The molecule has 4 nitrogen and oxygen atoms in total. The summed E-state index contributed by atoms with van der Waals surface area (Å²) in [5.41, 5.74) is 0. The molecule has 21 heavy (non-hydrogen) atoms. The van der Waals surface area contributed by atoms with Crippen LogP contribution in [-0.2, 0) is 17.7 Å². The summed E-state index contributed by atoms with van der Waals surface area (Å²) >= 11 is 0. The van der Waals surface area contributed by atoms with Crippen LogP contribution >= 0.6 is 0 Å². The normalized spacial score (nSPS) is 11.8. The summed E-state index contributed by atoms with van der Waals surface area (Å²) in [5, 5.41) is 0. The van der Waals surface area contributed by atoms with Crippen LogP contribution in [0.25, 0.3) is 0 Å². The van der Waals surface area contributed by atoms with Crippen molar-refractivity contribution in [3.8, 4) is 0 Å². The third-order valence-electron chi connectivity index (χ3n) is 3.36. The van der Waals surface area contributed by atoms with E-state index < -0.39 is 9.05 Å². The Bertz CT molecular complexity index is 232. The monoisotopic (exact) mass is 318 g/mol. The average Bonchev–Trinajstić information content (AvgIpc) is 2.52. The number of allylic oxidation sites excluding steroid dienone is 1. The Hall–Kier alpha value is -0.203. The summed E-state index contributed by atoms with van der Waals surface area (Å²) in [6.45, 7) is 7.21. The molecule has 0 aliphatic heterocycles. The molecule has 0 unspecified atom stereocenters. The molecule has 0 bridgehead atoms. The summed E-state index contributed by atoms with van der Waals surface area (Å²) < 4.78 is 22.4. The minimum absolute atomic E-state index is 0.636. The van der Waals surface area contributed by atoms with Crippen molar-refractivity contribution >= 4 is 9.05 Å². The fourth-order valence-corrected chi connectivity index (χ4v) is 3.54. The number of hydrogen-bond donors (Lipinski definition) is 0. The van der Waals surface area contributed by atoms with Crippen LogP contribution in [-0.4, -0.2) is 36.5 Å². The molecular formula is C16H34O4Si. The van der Waals surface area contributed by atoms with Crippen molar-refractivity contribution in [1.29, 1.82) is 0 Å². The molecule has 126 valence electrons. The summed E-state index contributed by atoms with van der Waals surface area (Å²) in [6, 6.07) is 0. The molecule has 0 amide bonds. The van der Waals surface area contributed by atoms with Gasteiger partial charge in [0.15, 0.2) is 0 Å². The quantitative estimate of drug-likeness (QED) is 0.239. The first kappa shape index (κ1) is 20.8. The van der Waals surface area contributed by atoms with Crippen LogP contribution in [0, 0.1) is 0 Å². The predicted molar refractivity (Wildman–Crippen MR) is 89.1 cm³/mol. The van der Waals surface area contributed by atoms with Gasteiger partial charge in [0.1, 0.15) is 0 Å². The maximum atomic E-state index is 5.79. The van der Waals surface area contributed by atoms with E-state index >= 15 is 0 Å². The van der Waals surface area contributed by atoms with E-state index in [1.54, 1.807) is 14.2 Å². The van der Waals surface area contributed by atoms with E-state index in [4.69, 9.17) is 17.7 Å². The second-order valence-corrected chi connectivity index (χ2v) is 7.55. The molecule has 0 radical (unpaired) electrons. The number of unbranched alkanes of at least 4 members (excludes halogenated alkanes) is 7. The molecule has 0 saturated heterocycles. The van der Waals surface area contributed by atoms with E-state index in [0.717, 1.165) is 25.7 Å². The van der Waals surface area contributed by atoms with E-state index in [2.05, 4.69) is 13.5 Å². The topological polar surface area (TPSA) is 36.9 Å². The molecule has 0 rings (SSSR count). The molecule has 0 aliphatic rings. The first-order valence-corrected chi connectivity index (χ1v) is 9.87. The zero-order valence-electron chi connectivity index (χ0n) is 14.2. The Morgan fingerprint density at radius 1 is 0.810 bits per heavy atom. The maximum Gasteiger partial charge on any atom is 0.679 e. The maximum absolute atomic E-state index is 5.79. The molecule has 0 aromatic carbocycles. The third-order valence-corrected chi connectivity index (χ3v) is 5.47. The van der Waals surface area contributed by atoms with Gasteiger partial charge in [-0.25, -0.2) is 0 Å². The zero-order valence-corrected chi connectivity index (χ0v) is 15.2. The highest BCUT2D eigenvalue weighted by atomic mass is 28.4. The lowest BCUT2D eigenvalue weighted by Crippen LogP contribution is -2.47. The van der Waals surface area contributed by atoms with Crippen LogP contribution in [0.2, 0.25) is 0 Å². The highest BCUT2D eigenvalue weighted by molar-refractivity contribution is 6.53. The second-order valence-electron chi connectivity index (χ2n) is 5.16. The lowest BCUT2D eigenvalue weighted by atomic mass is 10.1. The third kappa shape index (κ3) is 11.1. The molecule has 0 heterocycles. The van der Waals surface area contributed by atoms with Crippen molar-refractivity contribution in [3.63, 3.8) is 0 Å². The summed E-state index contributed by atoms with van der Waals surface area (Å²) in [6.07, 6.45) is 12.3. The standard InChI is InChI=1S/C16H34O4Si/c1-5-7-9-11-12-14-16-20-21(17-3,18-4)19-15-13-10-8-6-2/h5H,1,6-16H2,2-4H3. The average molecular weight is 319 g/mol. The van der Waals surface area contributed by atoms with Gasteiger partial charge in [0.2, 0.25) is 0 Å². The Morgan fingerprint density at radius 3 is 1.81 bits per heavy atom. The van der Waals surface area contributed by atoms with Crippen LogP contribution in [0.4, 0.5) is 0 Å². The van der Waals surface area contributed by atoms with Gasteiger partial charge in [0.05, 0.1) is 0 Å². The van der Waals surface area contributed by atoms with E-state index in [0.29, 0.717) is 13.2 Å². The van der Waals surface area contributed by atoms with E-state index in [-0.39, 0.29) is 0 Å². The zero-order chi connectivity index (χ0) is 15.8. The fourth-order valence-electron chi connectivity index (χ4n) is 2.03. The van der Waals surface area contributed by atoms with Gasteiger partial charge < -0.3 is 17.7 Å². The lowest BCUT2D eigenvalue weighted by Gasteiger charge is -2.25. The Labute approximate surface area is 132 Å². The second kappa shape index (κ2) is 14.7. The van der Waals surface area contributed by atoms with Gasteiger partial charge in [-0.15, -0.1) is 6.58 Å². The van der Waals surface area contributed by atoms with Crippen LogP contribution in [0.15, 0.2) is 12.7 Å². The Balaban J connectivity index is 3.79. The van der Waals surface area contributed by atoms with E-state index in [9.17, 15) is 0 Å². The van der Waals surface area contributed by atoms with Crippen molar-refractivity contribution in [3.05, 3.63) is 12.7 Å². The molecule has 5 heteroatoms. The molecule has 0 aliphatic carbocycles. The fraction of sp³-hybridized carbons (Fsp3) is 0.875. The van der Waals surface area contributed by atoms with E-state index in [1.807, 2.05) is 6.08 Å². The molecule has 0 atom stereocenters. The lowest BCUT2D eigenvalue weighted by molar-refractivity contribution is -0.0105. The molecule has 0 spiro atoms. The molecule has 0 aromatic rings. The van der Waals surface area contributed by atoms with Crippen molar-refractivity contribution in [2.45, 2.75) is 64.7 Å². The highest BCUT2D eigenvalue weighted by Crippen LogP contribution is 2.13. The molecular weight excluding hydrogens is 284 g/mol. The van der Waals surface area contributed by atoms with Crippen LogP contribution in [0.5, 0.6) is 0 Å². The first-order valence-electron chi connectivity index (χ1n) is 8.23. The van der Waals surface area contributed by atoms with Gasteiger partial charge in [-0.3, -0.25) is 0 Å². The smallest absolute Gasteiger partial charge is 0.355 e. The van der Waals surface area contributed by atoms with Crippen molar-refractivity contribution in [1.82, 2.24) is 0 Å². The molecule has 0 aromatic heterocycles. The van der Waals surface area contributed by atoms with Crippen LogP contribution in [0.1, 0.15) is 64.7 Å². The van der Waals surface area contributed by atoms with Crippen molar-refractivity contribution in [2.75, 3.05) is 27.4 Å². The Kier molecular flexibility index (Phi) is 14.6. The van der Waals surface area contributed by atoms with Crippen molar-refractivity contribution < 1.29 is 17.7 Å². The largest absolute Gasteiger partial charge is 0.679 e. The molecule has 0 saturated carbocycles. The van der Waals surface area contributed by atoms with Gasteiger partial charge in [-0.1, -0.05) is 45.1 Å². The van der Waals surface area contributed by atoms with E-state index in [1.165, 1.54) is 32.1 Å². The summed E-state index contributed by atoms with van der Waals surface area (Å²) in [4.78, 5) is 0. The summed E-state index contributed by atoms with van der Waals surface area (Å²) in [5.74, 6) is 0. The van der Waals surface area contributed by atoms with Gasteiger partial charge in [0, 0.05) is 27.4 Å². The van der Waals surface area contributed by atoms with Gasteiger partial charge in [0.25, 0.3) is 0 Å². The first-order chi connectivity index (χ1) is 10.2. The Morgan fingerprint density at radius 2 is 1.33 bits per heavy atom. The van der Waals surface area contributed by atoms with Crippen molar-refractivity contribution in [2.24, 2.45) is 0 Å². The SMILES string of the molecule is C=CCCCCCCO[Si](OC)(OC)OCCCCCC. The van der Waals surface area contributed by atoms with Gasteiger partial charge >= 0.3 is 9.05 Å². The van der Waals surface area contributed by atoms with Crippen LogP contribution in [0.3, 0.4) is 0 Å². The minimum Gasteiger partial charge on any atom is -0.355 e. The van der Waals surface area contributed by atoms with Gasteiger partial charge in [-0.2, -0.15) is 0 Å². The molecule has 0 fully saturated rings. The van der Waals surface area contributed by atoms with Crippen LogP contribution < -0.4 is 0 Å². The van der Waals surface area contributed by atoms with Gasteiger partial charge in [-0.05, 0) is 25.7 Å². The molecule has 0 N–H and O–H groups in total. The number of rotatable bonds is 16.